The Labute approximate surface area is 268 Å². The van der Waals surface area contributed by atoms with Gasteiger partial charge in [-0.1, -0.05) is 37.3 Å². The van der Waals surface area contributed by atoms with Crippen molar-refractivity contribution in [3.63, 3.8) is 0 Å². The summed E-state index contributed by atoms with van der Waals surface area (Å²) < 4.78 is 79.2. The third-order valence-electron chi connectivity index (χ3n) is 8.40. The summed E-state index contributed by atoms with van der Waals surface area (Å²) in [6.45, 7) is 4.81. The number of carbonyl (C=O) groups is 2. The lowest BCUT2D eigenvalue weighted by Gasteiger charge is -2.33. The Balaban J connectivity index is 0.000000606. The highest BCUT2D eigenvalue weighted by Crippen LogP contribution is 2.36. The van der Waals surface area contributed by atoms with Crippen molar-refractivity contribution in [3.05, 3.63) is 87.4 Å². The summed E-state index contributed by atoms with van der Waals surface area (Å²) in [4.78, 5) is 30.1. The average molecular weight is 669 g/mol. The van der Waals surface area contributed by atoms with Gasteiger partial charge in [0.25, 0.3) is 0 Å². The van der Waals surface area contributed by atoms with E-state index in [9.17, 15) is 35.9 Å². The molecule has 3 aromatic rings. The van der Waals surface area contributed by atoms with Gasteiger partial charge in [-0.2, -0.15) is 26.3 Å². The van der Waals surface area contributed by atoms with Crippen LogP contribution in [0.4, 0.5) is 26.3 Å². The monoisotopic (exact) mass is 668 g/mol. The quantitative estimate of drug-likeness (QED) is 0.240. The van der Waals surface area contributed by atoms with E-state index in [1.54, 1.807) is 5.51 Å². The summed E-state index contributed by atoms with van der Waals surface area (Å²) in [6, 6.07) is 11.7. The van der Waals surface area contributed by atoms with Gasteiger partial charge < -0.3 is 15.5 Å². The molecule has 46 heavy (non-hydrogen) atoms. The van der Waals surface area contributed by atoms with E-state index < -0.39 is 41.8 Å². The number of piperidine rings is 1. The predicted molar refractivity (Wildman–Crippen MR) is 164 cm³/mol. The Bertz CT molecular complexity index is 1380. The standard InChI is InChI=1S/C28H29F6N3OS.C5H9NO/c29-27(30,31)23-12-19(13-24(15-23)28(32,33)34)16-35-26(38)22(14-25-17-39-18-36-25)8-11-37-9-6-21(7-10-37)20-4-2-1-3-5-20;1-4-2-3-6-5(4)7/h1-5,12-13,15,17-18,21-22H,6-11,14,16H2,(H,35,38);4H,2-3H2,1H3,(H,6,7). The maximum Gasteiger partial charge on any atom is 0.416 e. The van der Waals surface area contributed by atoms with E-state index in [4.69, 9.17) is 0 Å². The van der Waals surface area contributed by atoms with E-state index in [0.29, 0.717) is 37.4 Å². The number of thiazole rings is 1. The first-order valence-electron chi connectivity index (χ1n) is 15.3. The highest BCUT2D eigenvalue weighted by Gasteiger charge is 2.37. The lowest BCUT2D eigenvalue weighted by Crippen LogP contribution is -2.37. The van der Waals surface area contributed by atoms with Crippen molar-refractivity contribution in [2.45, 2.75) is 63.8 Å². The van der Waals surface area contributed by atoms with Crippen LogP contribution in [0.5, 0.6) is 0 Å². The molecule has 2 saturated heterocycles. The molecule has 5 rings (SSSR count). The Kier molecular flexibility index (Phi) is 12.2. The van der Waals surface area contributed by atoms with Crippen LogP contribution >= 0.6 is 11.3 Å². The molecule has 0 spiro atoms. The van der Waals surface area contributed by atoms with Crippen molar-refractivity contribution in [2.24, 2.45) is 11.8 Å². The number of hydrogen-bond acceptors (Lipinski definition) is 5. The minimum atomic E-state index is -4.94. The number of alkyl halides is 6. The third-order valence-corrected chi connectivity index (χ3v) is 9.04. The Morgan fingerprint density at radius 1 is 1.02 bits per heavy atom. The van der Waals surface area contributed by atoms with E-state index in [-0.39, 0.29) is 23.5 Å². The number of aromatic nitrogens is 1. The lowest BCUT2D eigenvalue weighted by atomic mass is 9.89. The zero-order valence-electron chi connectivity index (χ0n) is 25.5. The molecule has 2 fully saturated rings. The summed E-state index contributed by atoms with van der Waals surface area (Å²) in [6.07, 6.45) is -6.03. The summed E-state index contributed by atoms with van der Waals surface area (Å²) in [5.74, 6) is 0.0191. The van der Waals surface area contributed by atoms with Crippen LogP contribution in [0.15, 0.2) is 59.4 Å². The first-order chi connectivity index (χ1) is 21.8. The SMILES string of the molecule is CC1CCNC1=O.O=C(NCc1cc(C(F)(F)F)cc(C(F)(F)F)c1)C(CCN1CCC(c2ccccc2)CC1)Cc1cscn1. The molecule has 0 saturated carbocycles. The number of hydrogen-bond donors (Lipinski definition) is 2. The van der Waals surface area contributed by atoms with Gasteiger partial charge in [0.05, 0.1) is 22.3 Å². The molecule has 2 amide bonds. The van der Waals surface area contributed by atoms with Crippen molar-refractivity contribution in [1.82, 2.24) is 20.5 Å². The first-order valence-corrected chi connectivity index (χ1v) is 16.2. The molecule has 13 heteroatoms. The smallest absolute Gasteiger partial charge is 0.356 e. The van der Waals surface area contributed by atoms with E-state index in [0.717, 1.165) is 44.6 Å². The van der Waals surface area contributed by atoms with Gasteiger partial charge in [-0.15, -0.1) is 11.3 Å². The Morgan fingerprint density at radius 3 is 2.17 bits per heavy atom. The van der Waals surface area contributed by atoms with Crippen LogP contribution in [-0.4, -0.2) is 47.9 Å². The van der Waals surface area contributed by atoms with Crippen LogP contribution in [0.2, 0.25) is 0 Å². The van der Waals surface area contributed by atoms with Crippen molar-refractivity contribution in [3.8, 4) is 0 Å². The number of amides is 2. The van der Waals surface area contributed by atoms with E-state index in [1.165, 1.54) is 16.9 Å². The number of likely N-dealkylation sites (tertiary alicyclic amines) is 1. The second-order valence-electron chi connectivity index (χ2n) is 11.8. The van der Waals surface area contributed by atoms with Crippen LogP contribution in [0, 0.1) is 11.8 Å². The van der Waals surface area contributed by atoms with Crippen LogP contribution in [0.3, 0.4) is 0 Å². The van der Waals surface area contributed by atoms with Gasteiger partial charge in [0.2, 0.25) is 11.8 Å². The number of nitrogens with one attached hydrogen (secondary N) is 2. The van der Waals surface area contributed by atoms with Crippen molar-refractivity contribution >= 4 is 23.2 Å². The molecule has 2 aliphatic heterocycles. The Morgan fingerprint density at radius 2 is 1.67 bits per heavy atom. The summed E-state index contributed by atoms with van der Waals surface area (Å²) >= 11 is 1.39. The van der Waals surface area contributed by atoms with Crippen LogP contribution in [0.25, 0.3) is 0 Å². The van der Waals surface area contributed by atoms with Gasteiger partial charge in [0, 0.05) is 36.7 Å². The van der Waals surface area contributed by atoms with Crippen molar-refractivity contribution < 1.29 is 35.9 Å². The molecule has 2 aromatic carbocycles. The fourth-order valence-corrected chi connectivity index (χ4v) is 6.21. The molecule has 2 atom stereocenters. The molecule has 0 radical (unpaired) electrons. The normalized spacial score (nSPS) is 18.4. The van der Waals surface area contributed by atoms with Crippen molar-refractivity contribution in [1.29, 1.82) is 0 Å². The second kappa shape index (κ2) is 15.9. The highest BCUT2D eigenvalue weighted by molar-refractivity contribution is 7.07. The van der Waals surface area contributed by atoms with Gasteiger partial charge in [-0.25, -0.2) is 4.98 Å². The largest absolute Gasteiger partial charge is 0.416 e. The number of halogens is 6. The van der Waals surface area contributed by atoms with Crippen molar-refractivity contribution in [2.75, 3.05) is 26.2 Å². The van der Waals surface area contributed by atoms with Gasteiger partial charge in [-0.3, -0.25) is 9.59 Å². The maximum absolute atomic E-state index is 13.2. The number of rotatable bonds is 9. The van der Waals surface area contributed by atoms with Gasteiger partial charge in [0.15, 0.2) is 0 Å². The molecule has 1 aromatic heterocycles. The van der Waals surface area contributed by atoms with Gasteiger partial charge in [0.1, 0.15) is 0 Å². The number of nitrogens with zero attached hydrogens (tertiary/aromatic N) is 2. The van der Waals surface area contributed by atoms with Crippen LogP contribution in [-0.2, 0) is 34.9 Å². The molecule has 0 aliphatic carbocycles. The Hall–Kier alpha value is -3.45. The molecule has 6 nitrogen and oxygen atoms in total. The van der Waals surface area contributed by atoms with Crippen LogP contribution in [0.1, 0.15) is 66.5 Å². The third kappa shape index (κ3) is 10.5. The minimum Gasteiger partial charge on any atom is -0.356 e. The lowest BCUT2D eigenvalue weighted by molar-refractivity contribution is -0.143. The van der Waals surface area contributed by atoms with E-state index >= 15 is 0 Å². The average Bonchev–Trinajstić information content (AvgIpc) is 3.69. The summed E-state index contributed by atoms with van der Waals surface area (Å²) in [5, 5.41) is 7.13. The van der Waals surface area contributed by atoms with Crippen LogP contribution < -0.4 is 10.6 Å². The molecule has 250 valence electrons. The van der Waals surface area contributed by atoms with E-state index in [2.05, 4.69) is 32.7 Å². The van der Waals surface area contributed by atoms with Gasteiger partial charge in [-0.05, 0) is 80.6 Å². The molecule has 2 N–H and O–H groups in total. The zero-order valence-corrected chi connectivity index (χ0v) is 26.3. The zero-order chi connectivity index (χ0) is 33.3. The molecule has 2 unspecified atom stereocenters. The fraction of sp³-hybridized carbons (Fsp3) is 0.485. The molecular formula is C33H38F6N4O2S. The molecule has 0 bridgehead atoms. The summed E-state index contributed by atoms with van der Waals surface area (Å²) in [7, 11) is 0. The number of benzene rings is 2. The molecule has 2 aliphatic rings. The maximum atomic E-state index is 13.2. The second-order valence-corrected chi connectivity index (χ2v) is 12.5. The topological polar surface area (TPSA) is 74.3 Å². The fourth-order valence-electron chi connectivity index (χ4n) is 5.64. The predicted octanol–water partition coefficient (Wildman–Crippen LogP) is 7.07. The number of carbonyl (C=O) groups excluding carboxylic acids is 2. The summed E-state index contributed by atoms with van der Waals surface area (Å²) in [5.41, 5.74) is 0.627. The van der Waals surface area contributed by atoms with Gasteiger partial charge >= 0.3 is 12.4 Å². The molecule has 3 heterocycles. The highest BCUT2D eigenvalue weighted by atomic mass is 32.1. The minimum absolute atomic E-state index is 0.0807. The first kappa shape index (κ1) is 35.4. The molecular weight excluding hydrogens is 630 g/mol. The van der Waals surface area contributed by atoms with E-state index in [1.807, 2.05) is 30.5 Å².